The molecule has 2 aliphatic heterocycles. The number of rotatable bonds is 4. The van der Waals surface area contributed by atoms with Crippen LogP contribution in [-0.2, 0) is 14.4 Å². The molecule has 8 heteroatoms. The van der Waals surface area contributed by atoms with E-state index >= 15 is 0 Å². The molecule has 0 spiro atoms. The number of aliphatic hydroxyl groups excluding tert-OH is 1. The van der Waals surface area contributed by atoms with Gasteiger partial charge in [-0.2, -0.15) is 0 Å². The molecule has 7 nitrogen and oxygen atoms in total. The maximum Gasteiger partial charge on any atom is 0.352 e. The summed E-state index contributed by atoms with van der Waals surface area (Å²) in [6, 6.07) is 7.55. The number of fused-ring (bicyclic) bond motifs is 1. The molecule has 0 saturated carbocycles. The maximum atomic E-state index is 12.2. The van der Waals surface area contributed by atoms with E-state index in [1.807, 2.05) is 6.92 Å². The Bertz CT molecular complexity index is 720. The van der Waals surface area contributed by atoms with Crippen LogP contribution in [0.15, 0.2) is 42.1 Å². The Labute approximate surface area is 142 Å². The first-order valence-corrected chi connectivity index (χ1v) is 8.31. The van der Waals surface area contributed by atoms with E-state index in [2.05, 4.69) is 5.32 Å². The summed E-state index contributed by atoms with van der Waals surface area (Å²) in [7, 11) is 0. The number of carbonyl (C=O) groups is 3. The molecule has 24 heavy (non-hydrogen) atoms. The molecule has 1 aromatic carbocycles. The first kappa shape index (κ1) is 16.5. The number of thioether (sulfide) groups is 1. The van der Waals surface area contributed by atoms with Crippen molar-refractivity contribution in [3.05, 3.63) is 47.7 Å². The summed E-state index contributed by atoms with van der Waals surface area (Å²) in [6.45, 7) is 1.82. The van der Waals surface area contributed by atoms with E-state index in [-0.39, 0.29) is 10.9 Å². The molecule has 1 saturated heterocycles. The van der Waals surface area contributed by atoms with Crippen LogP contribution in [0.3, 0.4) is 0 Å². The minimum absolute atomic E-state index is 0.0645. The topological polar surface area (TPSA) is 107 Å². The lowest BCUT2D eigenvalue weighted by molar-refractivity contribution is -0.151. The fourth-order valence-electron chi connectivity index (χ4n) is 2.75. The van der Waals surface area contributed by atoms with Crippen LogP contribution in [-0.4, -0.2) is 49.6 Å². The Kier molecular flexibility index (Phi) is 4.33. The summed E-state index contributed by atoms with van der Waals surface area (Å²) in [4.78, 5) is 36.8. The Balaban J connectivity index is 1.72. The molecular formula is C16H16N2O5S. The van der Waals surface area contributed by atoms with E-state index in [0.717, 1.165) is 0 Å². The lowest BCUT2D eigenvalue weighted by Crippen LogP contribution is -2.70. The standard InChI is InChI=1S/C16H16N2O5S/c1-8-7-10(16(22)23)18-14(21)11(15(18)24-8)17-13(20)12(19)9-5-3-2-4-6-9/h2-8,11-12,15,19H,1H3,(H,17,20)(H,22,23)/t8?,11?,12?,15-/m0/s1. The molecule has 0 aliphatic carbocycles. The van der Waals surface area contributed by atoms with Gasteiger partial charge in [0, 0.05) is 5.25 Å². The first-order valence-electron chi connectivity index (χ1n) is 7.37. The van der Waals surface area contributed by atoms with Crippen LogP contribution >= 0.6 is 11.8 Å². The van der Waals surface area contributed by atoms with E-state index in [1.165, 1.54) is 22.7 Å². The van der Waals surface area contributed by atoms with Crippen molar-refractivity contribution in [1.29, 1.82) is 0 Å². The van der Waals surface area contributed by atoms with E-state index in [0.29, 0.717) is 5.56 Å². The summed E-state index contributed by atoms with van der Waals surface area (Å²) >= 11 is 1.39. The number of hydrogen-bond donors (Lipinski definition) is 3. The summed E-state index contributed by atoms with van der Waals surface area (Å²) < 4.78 is 0. The number of nitrogens with zero attached hydrogens (tertiary/aromatic N) is 1. The Hall–Kier alpha value is -2.32. The lowest BCUT2D eigenvalue weighted by Gasteiger charge is -2.49. The van der Waals surface area contributed by atoms with Crippen LogP contribution in [0, 0.1) is 0 Å². The van der Waals surface area contributed by atoms with Crippen LogP contribution in [0.5, 0.6) is 0 Å². The van der Waals surface area contributed by atoms with Gasteiger partial charge in [-0.1, -0.05) is 30.3 Å². The third kappa shape index (κ3) is 2.78. The molecule has 0 radical (unpaired) electrons. The Morgan fingerprint density at radius 3 is 2.58 bits per heavy atom. The van der Waals surface area contributed by atoms with Crippen molar-refractivity contribution < 1.29 is 24.6 Å². The number of carboxylic acid groups (broad SMARTS) is 1. The monoisotopic (exact) mass is 348 g/mol. The van der Waals surface area contributed by atoms with Crippen LogP contribution in [0.4, 0.5) is 0 Å². The Morgan fingerprint density at radius 1 is 1.29 bits per heavy atom. The molecule has 2 amide bonds. The van der Waals surface area contributed by atoms with E-state index < -0.39 is 35.3 Å². The van der Waals surface area contributed by atoms with Gasteiger partial charge < -0.3 is 15.5 Å². The molecule has 3 unspecified atom stereocenters. The number of nitrogens with one attached hydrogen (secondary N) is 1. The fourth-order valence-corrected chi connectivity index (χ4v) is 4.08. The fraction of sp³-hybridized carbons (Fsp3) is 0.312. The second-order valence-corrected chi connectivity index (χ2v) is 7.10. The summed E-state index contributed by atoms with van der Waals surface area (Å²) in [5.41, 5.74) is 0.361. The molecular weight excluding hydrogens is 332 g/mol. The Morgan fingerprint density at radius 2 is 1.96 bits per heavy atom. The average molecular weight is 348 g/mol. The maximum absolute atomic E-state index is 12.2. The third-order valence-corrected chi connectivity index (χ3v) is 5.26. The van der Waals surface area contributed by atoms with E-state index in [9.17, 15) is 24.6 Å². The second kappa shape index (κ2) is 6.29. The lowest BCUT2D eigenvalue weighted by atomic mass is 10.0. The highest BCUT2D eigenvalue weighted by atomic mass is 32.2. The number of carbonyl (C=O) groups excluding carboxylic acids is 2. The number of aliphatic carboxylic acids is 1. The second-order valence-electron chi connectivity index (χ2n) is 5.60. The van der Waals surface area contributed by atoms with E-state index in [1.54, 1.807) is 30.3 Å². The predicted octanol–water partition coefficient (Wildman–Crippen LogP) is 0.477. The van der Waals surface area contributed by atoms with Gasteiger partial charge in [0.25, 0.3) is 11.8 Å². The van der Waals surface area contributed by atoms with Crippen molar-refractivity contribution in [2.75, 3.05) is 0 Å². The molecule has 0 bridgehead atoms. The van der Waals surface area contributed by atoms with Gasteiger partial charge in [0.2, 0.25) is 0 Å². The van der Waals surface area contributed by atoms with Crippen LogP contribution in [0.1, 0.15) is 18.6 Å². The molecule has 1 fully saturated rings. The molecule has 4 atom stereocenters. The van der Waals surface area contributed by atoms with Crippen molar-refractivity contribution in [2.24, 2.45) is 0 Å². The largest absolute Gasteiger partial charge is 0.477 e. The minimum Gasteiger partial charge on any atom is -0.477 e. The summed E-state index contributed by atoms with van der Waals surface area (Å²) in [6.07, 6.45) is 0.131. The van der Waals surface area contributed by atoms with Crippen LogP contribution in [0.25, 0.3) is 0 Å². The smallest absolute Gasteiger partial charge is 0.352 e. The number of carboxylic acids is 1. The van der Waals surface area contributed by atoms with Gasteiger partial charge in [0.15, 0.2) is 6.10 Å². The van der Waals surface area contributed by atoms with Gasteiger partial charge in [-0.05, 0) is 18.6 Å². The summed E-state index contributed by atoms with van der Waals surface area (Å²) in [5, 5.41) is 21.2. The molecule has 126 valence electrons. The number of aliphatic hydroxyl groups is 1. The van der Waals surface area contributed by atoms with Crippen molar-refractivity contribution in [3.63, 3.8) is 0 Å². The van der Waals surface area contributed by atoms with Crippen molar-refractivity contribution in [3.8, 4) is 0 Å². The highest BCUT2D eigenvalue weighted by Crippen LogP contribution is 2.40. The molecule has 3 N–H and O–H groups in total. The van der Waals surface area contributed by atoms with E-state index in [4.69, 9.17) is 0 Å². The molecule has 2 aliphatic rings. The average Bonchev–Trinajstić information content (AvgIpc) is 2.58. The van der Waals surface area contributed by atoms with Gasteiger partial charge in [-0.25, -0.2) is 4.79 Å². The van der Waals surface area contributed by atoms with Gasteiger partial charge in [0.05, 0.1) is 0 Å². The zero-order chi connectivity index (χ0) is 17.4. The highest BCUT2D eigenvalue weighted by Gasteiger charge is 2.54. The summed E-state index contributed by atoms with van der Waals surface area (Å²) in [5.74, 6) is -2.34. The quantitative estimate of drug-likeness (QED) is 0.683. The normalized spacial score (nSPS) is 26.8. The van der Waals surface area contributed by atoms with Gasteiger partial charge in [0.1, 0.15) is 17.1 Å². The zero-order valence-electron chi connectivity index (χ0n) is 12.7. The number of benzene rings is 1. The van der Waals surface area contributed by atoms with Crippen molar-refractivity contribution in [2.45, 2.75) is 29.7 Å². The van der Waals surface area contributed by atoms with Crippen LogP contribution < -0.4 is 5.32 Å². The van der Waals surface area contributed by atoms with Crippen molar-refractivity contribution >= 4 is 29.5 Å². The minimum atomic E-state index is -1.38. The van der Waals surface area contributed by atoms with Gasteiger partial charge in [-0.3, -0.25) is 14.5 Å². The van der Waals surface area contributed by atoms with Crippen molar-refractivity contribution in [1.82, 2.24) is 10.2 Å². The zero-order valence-corrected chi connectivity index (χ0v) is 13.6. The first-order chi connectivity index (χ1) is 11.4. The molecule has 0 aromatic heterocycles. The molecule has 1 aromatic rings. The van der Waals surface area contributed by atoms with Crippen LogP contribution in [0.2, 0.25) is 0 Å². The van der Waals surface area contributed by atoms with Gasteiger partial charge in [-0.15, -0.1) is 11.8 Å². The molecule has 3 rings (SSSR count). The number of β-lactam (4-membered cyclic amide) rings is 1. The number of hydrogen-bond acceptors (Lipinski definition) is 5. The predicted molar refractivity (Wildman–Crippen MR) is 86.7 cm³/mol. The number of amides is 2. The molecule has 2 heterocycles. The SMILES string of the molecule is CC1C=C(C(=O)O)N2C(=O)C(NC(=O)C(O)c3ccccc3)[C@@H]2S1. The third-order valence-electron chi connectivity index (χ3n) is 3.93. The van der Waals surface area contributed by atoms with Gasteiger partial charge >= 0.3 is 5.97 Å². The highest BCUT2D eigenvalue weighted by molar-refractivity contribution is 8.00.